The number of nitrogens with one attached hydrogen (secondary N) is 1. The van der Waals surface area contributed by atoms with E-state index >= 15 is 0 Å². The molecule has 18 heavy (non-hydrogen) atoms. The van der Waals surface area contributed by atoms with Crippen LogP contribution in [0.1, 0.15) is 32.1 Å². The van der Waals surface area contributed by atoms with Gasteiger partial charge in [-0.3, -0.25) is 9.78 Å². The molecule has 0 aromatic carbocycles. The van der Waals surface area contributed by atoms with E-state index in [1.54, 1.807) is 25.6 Å². The van der Waals surface area contributed by atoms with Gasteiger partial charge in [-0.25, -0.2) is 0 Å². The summed E-state index contributed by atoms with van der Waals surface area (Å²) in [6.07, 6.45) is 7.84. The van der Waals surface area contributed by atoms with Gasteiger partial charge in [-0.05, 0) is 12.8 Å². The maximum atomic E-state index is 12.2. The Balaban J connectivity index is 2.10. The van der Waals surface area contributed by atoms with Crippen molar-refractivity contribution in [2.75, 3.05) is 12.4 Å². The third kappa shape index (κ3) is 2.61. The first-order valence-electron chi connectivity index (χ1n) is 6.24. The average molecular weight is 249 g/mol. The van der Waals surface area contributed by atoms with Crippen LogP contribution >= 0.6 is 0 Å². The second kappa shape index (κ2) is 5.35. The average Bonchev–Trinajstić information content (AvgIpc) is 2.40. The number of rotatable bonds is 3. The SMILES string of the molecule is COc1ccncc1NC(=O)C1(N)CCCCC1. The predicted octanol–water partition coefficient (Wildman–Crippen LogP) is 1.69. The van der Waals surface area contributed by atoms with Crippen molar-refractivity contribution in [1.82, 2.24) is 4.98 Å². The molecule has 1 amide bonds. The first kappa shape index (κ1) is 12.8. The summed E-state index contributed by atoms with van der Waals surface area (Å²) in [7, 11) is 1.56. The lowest BCUT2D eigenvalue weighted by Crippen LogP contribution is -2.52. The number of aromatic nitrogens is 1. The molecule has 0 atom stereocenters. The molecular formula is C13H19N3O2. The zero-order valence-electron chi connectivity index (χ0n) is 10.6. The Labute approximate surface area is 107 Å². The van der Waals surface area contributed by atoms with E-state index < -0.39 is 5.54 Å². The van der Waals surface area contributed by atoms with Crippen molar-refractivity contribution >= 4 is 11.6 Å². The molecule has 98 valence electrons. The van der Waals surface area contributed by atoms with Crippen LogP contribution in [0.25, 0.3) is 0 Å². The second-order valence-electron chi connectivity index (χ2n) is 4.75. The van der Waals surface area contributed by atoms with Gasteiger partial charge in [0, 0.05) is 12.3 Å². The van der Waals surface area contributed by atoms with Crippen LogP contribution in [0.4, 0.5) is 5.69 Å². The lowest BCUT2D eigenvalue weighted by atomic mass is 9.82. The molecule has 1 aliphatic carbocycles. The molecule has 0 unspecified atom stereocenters. The molecule has 0 bridgehead atoms. The van der Waals surface area contributed by atoms with Crippen molar-refractivity contribution in [2.45, 2.75) is 37.6 Å². The minimum Gasteiger partial charge on any atom is -0.494 e. The highest BCUT2D eigenvalue weighted by molar-refractivity contribution is 5.98. The highest BCUT2D eigenvalue weighted by Crippen LogP contribution is 2.29. The highest BCUT2D eigenvalue weighted by atomic mass is 16.5. The fourth-order valence-corrected chi connectivity index (χ4v) is 2.31. The molecule has 1 saturated carbocycles. The molecule has 5 heteroatoms. The van der Waals surface area contributed by atoms with Gasteiger partial charge in [0.15, 0.2) is 0 Å². The standard InChI is InChI=1S/C13H19N3O2/c1-18-11-5-8-15-9-10(11)16-12(17)13(14)6-3-2-4-7-13/h5,8-9H,2-4,6-7,14H2,1H3,(H,16,17). The summed E-state index contributed by atoms with van der Waals surface area (Å²) in [5, 5.41) is 2.82. The van der Waals surface area contributed by atoms with Crippen molar-refractivity contribution in [2.24, 2.45) is 5.73 Å². The van der Waals surface area contributed by atoms with Gasteiger partial charge in [-0.2, -0.15) is 0 Å². The highest BCUT2D eigenvalue weighted by Gasteiger charge is 2.35. The largest absolute Gasteiger partial charge is 0.494 e. The quantitative estimate of drug-likeness (QED) is 0.854. The summed E-state index contributed by atoms with van der Waals surface area (Å²) in [5.41, 5.74) is 5.99. The Bertz CT molecular complexity index is 428. The summed E-state index contributed by atoms with van der Waals surface area (Å²) in [5.74, 6) is 0.450. The topological polar surface area (TPSA) is 77.2 Å². The number of nitrogens with zero attached hydrogens (tertiary/aromatic N) is 1. The minimum absolute atomic E-state index is 0.145. The number of nitrogens with two attached hydrogens (primary N) is 1. The van der Waals surface area contributed by atoms with E-state index in [1.165, 1.54) is 0 Å². The molecular weight excluding hydrogens is 230 g/mol. The molecule has 0 aliphatic heterocycles. The fourth-order valence-electron chi connectivity index (χ4n) is 2.31. The lowest BCUT2D eigenvalue weighted by Gasteiger charge is -2.31. The second-order valence-corrected chi connectivity index (χ2v) is 4.75. The zero-order valence-corrected chi connectivity index (χ0v) is 10.6. The molecule has 0 spiro atoms. The first-order chi connectivity index (χ1) is 8.65. The van der Waals surface area contributed by atoms with Crippen molar-refractivity contribution in [3.05, 3.63) is 18.5 Å². The van der Waals surface area contributed by atoms with E-state index in [0.29, 0.717) is 11.4 Å². The molecule has 1 aromatic heterocycles. The van der Waals surface area contributed by atoms with Crippen LogP contribution in [0.15, 0.2) is 18.5 Å². The van der Waals surface area contributed by atoms with Crippen LogP contribution in [0, 0.1) is 0 Å². The summed E-state index contributed by atoms with van der Waals surface area (Å²) < 4.78 is 5.17. The Morgan fingerprint density at radius 2 is 2.17 bits per heavy atom. The van der Waals surface area contributed by atoms with Crippen LogP contribution in [0.5, 0.6) is 5.75 Å². The number of ether oxygens (including phenoxy) is 1. The summed E-state index contributed by atoms with van der Waals surface area (Å²) >= 11 is 0. The number of methoxy groups -OCH3 is 1. The molecule has 1 aliphatic rings. The first-order valence-corrected chi connectivity index (χ1v) is 6.24. The maximum absolute atomic E-state index is 12.2. The van der Waals surface area contributed by atoms with Gasteiger partial charge in [-0.15, -0.1) is 0 Å². The van der Waals surface area contributed by atoms with E-state index in [4.69, 9.17) is 10.5 Å². The third-order valence-electron chi connectivity index (χ3n) is 3.45. The number of carbonyl (C=O) groups is 1. The van der Waals surface area contributed by atoms with Gasteiger partial charge in [-0.1, -0.05) is 19.3 Å². The number of hydrogen-bond acceptors (Lipinski definition) is 4. The van der Waals surface area contributed by atoms with Crippen molar-refractivity contribution < 1.29 is 9.53 Å². The molecule has 5 nitrogen and oxygen atoms in total. The van der Waals surface area contributed by atoms with Crippen LogP contribution < -0.4 is 15.8 Å². The van der Waals surface area contributed by atoms with Crippen molar-refractivity contribution in [3.63, 3.8) is 0 Å². The van der Waals surface area contributed by atoms with E-state index in [9.17, 15) is 4.79 Å². The maximum Gasteiger partial charge on any atom is 0.244 e. The molecule has 1 fully saturated rings. The molecule has 1 heterocycles. The van der Waals surface area contributed by atoms with Gasteiger partial charge < -0.3 is 15.8 Å². The van der Waals surface area contributed by atoms with Crippen LogP contribution in [-0.4, -0.2) is 23.5 Å². The minimum atomic E-state index is -0.751. The van der Waals surface area contributed by atoms with Gasteiger partial charge in [0.1, 0.15) is 11.4 Å². The van der Waals surface area contributed by atoms with Crippen molar-refractivity contribution in [1.29, 1.82) is 0 Å². The van der Waals surface area contributed by atoms with E-state index in [0.717, 1.165) is 32.1 Å². The third-order valence-corrected chi connectivity index (χ3v) is 3.45. The molecule has 1 aromatic rings. The number of anilines is 1. The van der Waals surface area contributed by atoms with E-state index in [-0.39, 0.29) is 5.91 Å². The number of pyridine rings is 1. The summed E-state index contributed by atoms with van der Waals surface area (Å²) in [4.78, 5) is 16.2. The van der Waals surface area contributed by atoms with E-state index in [2.05, 4.69) is 10.3 Å². The molecule has 3 N–H and O–H groups in total. The Morgan fingerprint density at radius 1 is 1.44 bits per heavy atom. The summed E-state index contributed by atoms with van der Waals surface area (Å²) in [6.45, 7) is 0. The fraction of sp³-hybridized carbons (Fsp3) is 0.538. The van der Waals surface area contributed by atoms with E-state index in [1.807, 2.05) is 0 Å². The van der Waals surface area contributed by atoms with Crippen LogP contribution in [-0.2, 0) is 4.79 Å². The zero-order chi connectivity index (χ0) is 13.0. The molecule has 0 saturated heterocycles. The van der Waals surface area contributed by atoms with Gasteiger partial charge in [0.25, 0.3) is 0 Å². The smallest absolute Gasteiger partial charge is 0.244 e. The van der Waals surface area contributed by atoms with Crippen molar-refractivity contribution in [3.8, 4) is 5.75 Å². The summed E-state index contributed by atoms with van der Waals surface area (Å²) in [6, 6.07) is 1.71. The Morgan fingerprint density at radius 3 is 2.83 bits per heavy atom. The molecule has 2 rings (SSSR count). The Kier molecular flexibility index (Phi) is 3.81. The van der Waals surface area contributed by atoms with Gasteiger partial charge in [0.05, 0.1) is 18.8 Å². The van der Waals surface area contributed by atoms with Crippen LogP contribution in [0.2, 0.25) is 0 Å². The number of carbonyl (C=O) groups excluding carboxylic acids is 1. The number of hydrogen-bond donors (Lipinski definition) is 2. The Hall–Kier alpha value is -1.62. The number of amides is 1. The molecule has 0 radical (unpaired) electrons. The lowest BCUT2D eigenvalue weighted by molar-refractivity contribution is -0.122. The monoisotopic (exact) mass is 249 g/mol. The van der Waals surface area contributed by atoms with Gasteiger partial charge in [0.2, 0.25) is 5.91 Å². The predicted molar refractivity (Wildman–Crippen MR) is 69.4 cm³/mol. The normalized spacial score (nSPS) is 18.1. The van der Waals surface area contributed by atoms with Gasteiger partial charge >= 0.3 is 0 Å². The van der Waals surface area contributed by atoms with Crippen LogP contribution in [0.3, 0.4) is 0 Å².